The van der Waals surface area contributed by atoms with E-state index in [1.165, 1.54) is 4.90 Å². The van der Waals surface area contributed by atoms with Crippen LogP contribution in [0.25, 0.3) is 10.9 Å². The Morgan fingerprint density at radius 1 is 1.14 bits per heavy atom. The number of hydrogen-bond acceptors (Lipinski definition) is 4. The Morgan fingerprint density at radius 3 is 2.57 bits per heavy atom. The van der Waals surface area contributed by atoms with Crippen LogP contribution in [0.1, 0.15) is 12.8 Å². The van der Waals surface area contributed by atoms with Gasteiger partial charge in [-0.05, 0) is 31.0 Å². The van der Waals surface area contributed by atoms with E-state index in [-0.39, 0.29) is 35.9 Å². The Morgan fingerprint density at radius 2 is 1.86 bits per heavy atom. The number of imide groups is 1. The van der Waals surface area contributed by atoms with Gasteiger partial charge in [-0.15, -0.1) is 0 Å². The van der Waals surface area contributed by atoms with E-state index in [0.717, 1.165) is 23.7 Å². The number of benzene rings is 1. The van der Waals surface area contributed by atoms with Crippen molar-refractivity contribution in [1.29, 1.82) is 0 Å². The zero-order chi connectivity index (χ0) is 14.1. The molecule has 1 N–H and O–H groups in total. The molecule has 1 aromatic heterocycles. The first kappa shape index (κ1) is 11.4. The molecule has 6 heteroatoms. The lowest BCUT2D eigenvalue weighted by atomic mass is 9.81. The highest BCUT2D eigenvalue weighted by Crippen LogP contribution is 2.49. The molecule has 106 valence electrons. The third-order valence-corrected chi connectivity index (χ3v) is 4.97. The third kappa shape index (κ3) is 1.33. The molecule has 3 aliphatic heterocycles. The molecule has 0 saturated carbocycles. The molecule has 2 aromatic rings. The van der Waals surface area contributed by atoms with E-state index in [2.05, 4.69) is 10.2 Å². The number of anilines is 1. The summed E-state index contributed by atoms with van der Waals surface area (Å²) in [5.74, 6) is -0.797. The van der Waals surface area contributed by atoms with Gasteiger partial charge in [0.25, 0.3) is 0 Å². The molecule has 3 aliphatic rings. The average Bonchev–Trinajstić information content (AvgIpc) is 3.22. The van der Waals surface area contributed by atoms with Gasteiger partial charge in [0.15, 0.2) is 0 Å². The Kier molecular flexibility index (Phi) is 2.02. The fourth-order valence-corrected chi connectivity index (χ4v) is 4.03. The number of hydrogen-bond donors (Lipinski definition) is 1. The van der Waals surface area contributed by atoms with Crippen molar-refractivity contribution in [2.75, 3.05) is 4.90 Å². The number of aromatic nitrogens is 2. The minimum atomic E-state index is -0.284. The summed E-state index contributed by atoms with van der Waals surface area (Å²) in [6.45, 7) is 0. The number of carbonyl (C=O) groups is 2. The van der Waals surface area contributed by atoms with Gasteiger partial charge in [0.1, 0.15) is 0 Å². The van der Waals surface area contributed by atoms with Gasteiger partial charge in [-0.25, -0.2) is 4.90 Å². The number of fused-ring (bicyclic) bond motifs is 6. The van der Waals surface area contributed by atoms with Crippen molar-refractivity contribution in [1.82, 2.24) is 10.2 Å². The molecule has 0 unspecified atom stereocenters. The highest BCUT2D eigenvalue weighted by Gasteiger charge is 2.62. The maximum absolute atomic E-state index is 12.7. The van der Waals surface area contributed by atoms with Crippen LogP contribution in [0.5, 0.6) is 0 Å². The molecular weight excluding hydrogens is 270 g/mol. The van der Waals surface area contributed by atoms with E-state index >= 15 is 0 Å². The Labute approximate surface area is 120 Å². The zero-order valence-corrected chi connectivity index (χ0v) is 11.2. The molecule has 2 bridgehead atoms. The summed E-state index contributed by atoms with van der Waals surface area (Å²) in [6, 6.07) is 5.48. The average molecular weight is 283 g/mol. The maximum atomic E-state index is 12.7. The summed E-state index contributed by atoms with van der Waals surface area (Å²) in [5.41, 5.74) is 1.44. The molecule has 6 nitrogen and oxygen atoms in total. The minimum absolute atomic E-state index is 0.0719. The number of H-pyrrole nitrogens is 1. The Hall–Kier alpha value is -2.21. The lowest BCUT2D eigenvalue weighted by Gasteiger charge is -2.17. The van der Waals surface area contributed by atoms with Gasteiger partial charge in [-0.2, -0.15) is 5.10 Å². The maximum Gasteiger partial charge on any atom is 0.240 e. The number of nitrogens with one attached hydrogen (secondary N) is 1. The second-order valence-corrected chi connectivity index (χ2v) is 6.00. The van der Waals surface area contributed by atoms with Crippen LogP contribution in [0, 0.1) is 11.8 Å². The number of aromatic amines is 1. The lowest BCUT2D eigenvalue weighted by molar-refractivity contribution is -0.124. The SMILES string of the molecule is O=C1[C@@H]2[C@H](C(=O)N1c1ccc3cn[nH]c3c1)[C@H]1CC[C@@H]2O1. The van der Waals surface area contributed by atoms with Crippen molar-refractivity contribution >= 4 is 28.4 Å². The molecule has 2 amide bonds. The first-order chi connectivity index (χ1) is 10.2. The van der Waals surface area contributed by atoms with E-state index in [4.69, 9.17) is 4.74 Å². The predicted molar refractivity (Wildman–Crippen MR) is 73.5 cm³/mol. The van der Waals surface area contributed by atoms with Crippen LogP contribution in [0.2, 0.25) is 0 Å². The summed E-state index contributed by atoms with van der Waals surface area (Å²) >= 11 is 0. The summed E-state index contributed by atoms with van der Waals surface area (Å²) in [4.78, 5) is 26.7. The van der Waals surface area contributed by atoms with Crippen LogP contribution in [0.4, 0.5) is 5.69 Å². The monoisotopic (exact) mass is 283 g/mol. The van der Waals surface area contributed by atoms with Crippen LogP contribution in [-0.2, 0) is 14.3 Å². The minimum Gasteiger partial charge on any atom is -0.373 e. The van der Waals surface area contributed by atoms with Gasteiger partial charge in [0, 0.05) is 5.39 Å². The summed E-state index contributed by atoms with van der Waals surface area (Å²) < 4.78 is 5.74. The van der Waals surface area contributed by atoms with Gasteiger partial charge >= 0.3 is 0 Å². The number of carbonyl (C=O) groups excluding carboxylic acids is 2. The Bertz CT molecular complexity index is 755. The molecule has 0 radical (unpaired) electrons. The third-order valence-electron chi connectivity index (χ3n) is 4.97. The Balaban J connectivity index is 1.60. The molecular formula is C15H13N3O3. The molecule has 4 heterocycles. The summed E-state index contributed by atoms with van der Waals surface area (Å²) in [7, 11) is 0. The van der Waals surface area contributed by atoms with E-state index in [1.807, 2.05) is 12.1 Å². The van der Waals surface area contributed by atoms with E-state index < -0.39 is 0 Å². The molecule has 5 rings (SSSR count). The number of nitrogens with zero attached hydrogens (tertiary/aromatic N) is 2. The van der Waals surface area contributed by atoms with Crippen molar-refractivity contribution < 1.29 is 14.3 Å². The fraction of sp³-hybridized carbons (Fsp3) is 0.400. The summed E-state index contributed by atoms with van der Waals surface area (Å²) in [6.07, 6.45) is 3.35. The lowest BCUT2D eigenvalue weighted by Crippen LogP contribution is -2.34. The van der Waals surface area contributed by atoms with Crippen LogP contribution >= 0.6 is 0 Å². The topological polar surface area (TPSA) is 75.3 Å². The number of ether oxygens (including phenoxy) is 1. The molecule has 0 aliphatic carbocycles. The van der Waals surface area contributed by atoms with Gasteiger partial charge in [-0.1, -0.05) is 0 Å². The summed E-state index contributed by atoms with van der Waals surface area (Å²) in [5, 5.41) is 7.79. The van der Waals surface area contributed by atoms with Crippen molar-refractivity contribution in [3.05, 3.63) is 24.4 Å². The highest BCUT2D eigenvalue weighted by molar-refractivity contribution is 6.23. The normalized spacial score (nSPS) is 34.2. The van der Waals surface area contributed by atoms with Gasteiger partial charge < -0.3 is 4.74 Å². The second kappa shape index (κ2) is 3.71. The standard InChI is InChI=1S/C15H13N3O3/c19-14-12-10-3-4-11(21-10)13(12)15(20)18(14)8-2-1-7-6-16-17-9(7)5-8/h1-2,5-6,10-13H,3-4H2,(H,16,17)/t10-,11+,12-,13+. The first-order valence-electron chi connectivity index (χ1n) is 7.20. The fourth-order valence-electron chi connectivity index (χ4n) is 4.03. The number of rotatable bonds is 1. The first-order valence-corrected chi connectivity index (χ1v) is 7.20. The quantitative estimate of drug-likeness (QED) is 0.799. The molecule has 3 saturated heterocycles. The van der Waals surface area contributed by atoms with Crippen molar-refractivity contribution in [3.8, 4) is 0 Å². The molecule has 4 atom stereocenters. The van der Waals surface area contributed by atoms with Crippen LogP contribution in [0.15, 0.2) is 24.4 Å². The smallest absolute Gasteiger partial charge is 0.240 e. The van der Waals surface area contributed by atoms with Gasteiger partial charge in [-0.3, -0.25) is 14.7 Å². The number of amides is 2. The van der Waals surface area contributed by atoms with Gasteiger partial charge in [0.05, 0.1) is 41.4 Å². The highest BCUT2D eigenvalue weighted by atomic mass is 16.5. The van der Waals surface area contributed by atoms with E-state index in [1.54, 1.807) is 12.3 Å². The van der Waals surface area contributed by atoms with Gasteiger partial charge in [0.2, 0.25) is 11.8 Å². The van der Waals surface area contributed by atoms with E-state index in [9.17, 15) is 9.59 Å². The van der Waals surface area contributed by atoms with Crippen molar-refractivity contribution in [3.63, 3.8) is 0 Å². The second-order valence-electron chi connectivity index (χ2n) is 6.00. The van der Waals surface area contributed by atoms with Crippen LogP contribution in [0.3, 0.4) is 0 Å². The zero-order valence-electron chi connectivity index (χ0n) is 11.2. The van der Waals surface area contributed by atoms with Crippen molar-refractivity contribution in [2.24, 2.45) is 11.8 Å². The van der Waals surface area contributed by atoms with Crippen molar-refractivity contribution in [2.45, 2.75) is 25.0 Å². The molecule has 21 heavy (non-hydrogen) atoms. The molecule has 1 aromatic carbocycles. The largest absolute Gasteiger partial charge is 0.373 e. The molecule has 3 fully saturated rings. The predicted octanol–water partition coefficient (Wildman–Crippen LogP) is 1.23. The molecule has 0 spiro atoms. The van der Waals surface area contributed by atoms with Crippen LogP contribution < -0.4 is 4.90 Å². The van der Waals surface area contributed by atoms with E-state index in [0.29, 0.717) is 5.69 Å². The van der Waals surface area contributed by atoms with Crippen LogP contribution in [-0.4, -0.2) is 34.2 Å².